The number of fused-ring (bicyclic) bond motifs is 1. The minimum atomic E-state index is -1.60. The Morgan fingerprint density at radius 1 is 1.27 bits per heavy atom. The van der Waals surface area contributed by atoms with Crippen molar-refractivity contribution in [2.75, 3.05) is 6.54 Å². The summed E-state index contributed by atoms with van der Waals surface area (Å²) in [6.45, 7) is 0.580. The molecular weight excluding hydrogens is 385 g/mol. The summed E-state index contributed by atoms with van der Waals surface area (Å²) in [7, 11) is 0. The van der Waals surface area contributed by atoms with Gasteiger partial charge in [0.25, 0.3) is 5.91 Å². The minimum absolute atomic E-state index is 0.0880. The third kappa shape index (κ3) is 3.13. The van der Waals surface area contributed by atoms with E-state index in [0.29, 0.717) is 11.4 Å². The Morgan fingerprint density at radius 3 is 2.96 bits per heavy atom. The van der Waals surface area contributed by atoms with Gasteiger partial charge in [-0.05, 0) is 41.5 Å². The van der Waals surface area contributed by atoms with Gasteiger partial charge in [0, 0.05) is 30.4 Å². The molecule has 1 saturated heterocycles. The van der Waals surface area contributed by atoms with Crippen LogP contribution in [0.1, 0.15) is 0 Å². The zero-order chi connectivity index (χ0) is 18.3. The normalized spacial score (nSPS) is 19.3. The van der Waals surface area contributed by atoms with Crippen LogP contribution in [-0.2, 0) is 4.79 Å². The molecule has 5 nitrogen and oxygen atoms in total. The lowest BCUT2D eigenvalue weighted by atomic mass is 10.3. The predicted molar refractivity (Wildman–Crippen MR) is 94.2 cm³/mol. The number of rotatable bonds is 2. The van der Waals surface area contributed by atoms with Crippen LogP contribution in [0.2, 0.25) is 0 Å². The smallest absolute Gasteiger partial charge is 0.265 e. The summed E-state index contributed by atoms with van der Waals surface area (Å²) in [5.41, 5.74) is -0.389. The lowest BCUT2D eigenvalue weighted by Gasteiger charge is -2.15. The van der Waals surface area contributed by atoms with Crippen molar-refractivity contribution in [1.82, 2.24) is 14.6 Å². The number of hydrogen-bond donors (Lipinski definition) is 1. The van der Waals surface area contributed by atoms with Gasteiger partial charge in [0.2, 0.25) is 0 Å². The molecule has 1 fully saturated rings. The molecule has 0 saturated carbocycles. The van der Waals surface area contributed by atoms with Crippen molar-refractivity contribution in [3.8, 4) is 0 Å². The van der Waals surface area contributed by atoms with Gasteiger partial charge in [0.05, 0.1) is 9.44 Å². The van der Waals surface area contributed by atoms with Crippen molar-refractivity contribution in [1.29, 1.82) is 0 Å². The molecule has 10 heteroatoms. The second kappa shape index (κ2) is 6.61. The van der Waals surface area contributed by atoms with Crippen LogP contribution in [0.5, 0.6) is 0 Å². The molecule has 2 aliphatic heterocycles. The van der Waals surface area contributed by atoms with Gasteiger partial charge in [-0.15, -0.1) is 0 Å². The standard InChI is InChI=1S/C16H9F3N4OS2/c17-9-1-2-10(14(19)13(9)18)21-16-22-15(24)12(25-16)7-23-4-3-11-8(6-23)5-20-26-11/h1-3,5-7H,4H2,(H,21,22,24)/b12-7-. The van der Waals surface area contributed by atoms with Crippen LogP contribution in [0.4, 0.5) is 18.9 Å². The number of carbonyl (C=O) groups excluding carboxylic acids is 1. The summed E-state index contributed by atoms with van der Waals surface area (Å²) >= 11 is 2.38. The number of nitrogens with zero attached hydrogens (tertiary/aromatic N) is 3. The van der Waals surface area contributed by atoms with Crippen molar-refractivity contribution in [2.45, 2.75) is 0 Å². The molecule has 1 aromatic carbocycles. The maximum absolute atomic E-state index is 13.7. The molecule has 0 unspecified atom stereocenters. The van der Waals surface area contributed by atoms with Crippen molar-refractivity contribution >= 4 is 52.3 Å². The second-order valence-corrected chi connectivity index (χ2v) is 7.20. The third-order valence-electron chi connectivity index (χ3n) is 3.59. The van der Waals surface area contributed by atoms with E-state index in [0.717, 1.165) is 33.6 Å². The largest absolute Gasteiger partial charge is 0.348 e. The molecule has 1 aromatic heterocycles. The third-order valence-corrected chi connectivity index (χ3v) is 5.30. The summed E-state index contributed by atoms with van der Waals surface area (Å²) in [4.78, 5) is 18.1. The first kappa shape index (κ1) is 16.9. The monoisotopic (exact) mass is 394 g/mol. The SMILES string of the molecule is O=C1NC(=Nc2ccc(F)c(F)c2F)S/C1=C\N1C=c2cnsc2=CC1. The number of halogens is 3. The lowest BCUT2D eigenvalue weighted by Crippen LogP contribution is -2.29. The number of aliphatic imine (C=N–C) groups is 1. The quantitative estimate of drug-likeness (QED) is 0.623. The Labute approximate surface area is 153 Å². The number of carbonyl (C=O) groups is 1. The van der Waals surface area contributed by atoms with Crippen LogP contribution in [0.3, 0.4) is 0 Å². The first-order valence-corrected chi connectivity index (χ1v) is 8.92. The fraction of sp³-hybridized carbons (Fsp3) is 0.0625. The Balaban J connectivity index is 1.59. The van der Waals surface area contributed by atoms with E-state index in [4.69, 9.17) is 0 Å². The summed E-state index contributed by atoms with van der Waals surface area (Å²) in [6.07, 6.45) is 7.24. The van der Waals surface area contributed by atoms with E-state index in [-0.39, 0.29) is 10.9 Å². The van der Waals surface area contributed by atoms with Gasteiger partial charge >= 0.3 is 0 Å². The first-order valence-electron chi connectivity index (χ1n) is 7.33. The zero-order valence-electron chi connectivity index (χ0n) is 12.9. The fourth-order valence-corrected chi connectivity index (χ4v) is 3.82. The number of thioether (sulfide) groups is 1. The van der Waals surface area contributed by atoms with Crippen molar-refractivity contribution in [3.63, 3.8) is 0 Å². The number of amidine groups is 1. The number of nitrogens with one attached hydrogen (secondary N) is 1. The van der Waals surface area contributed by atoms with E-state index in [1.54, 1.807) is 12.4 Å². The minimum Gasteiger partial charge on any atom is -0.348 e. The zero-order valence-corrected chi connectivity index (χ0v) is 14.5. The van der Waals surface area contributed by atoms with Crippen LogP contribution in [0.15, 0.2) is 34.4 Å². The molecular formula is C16H9F3N4OS2. The van der Waals surface area contributed by atoms with Gasteiger partial charge < -0.3 is 10.2 Å². The van der Waals surface area contributed by atoms with E-state index in [9.17, 15) is 18.0 Å². The highest BCUT2D eigenvalue weighted by Gasteiger charge is 2.25. The average molecular weight is 394 g/mol. The van der Waals surface area contributed by atoms with Crippen molar-refractivity contribution < 1.29 is 18.0 Å². The van der Waals surface area contributed by atoms with Gasteiger partial charge in [0.1, 0.15) is 5.69 Å². The van der Waals surface area contributed by atoms with E-state index >= 15 is 0 Å². The molecule has 0 radical (unpaired) electrons. The summed E-state index contributed by atoms with van der Waals surface area (Å²) in [5, 5.41) is 3.52. The fourth-order valence-electron chi connectivity index (χ4n) is 2.35. The van der Waals surface area contributed by atoms with Gasteiger partial charge in [-0.3, -0.25) is 4.79 Å². The van der Waals surface area contributed by atoms with Crippen LogP contribution in [-0.4, -0.2) is 26.9 Å². The van der Waals surface area contributed by atoms with Crippen LogP contribution in [0.25, 0.3) is 12.3 Å². The molecule has 0 aliphatic carbocycles. The molecule has 2 aromatic rings. The Hall–Kier alpha value is -2.59. The van der Waals surface area contributed by atoms with Crippen LogP contribution in [0, 0.1) is 17.5 Å². The molecule has 2 aliphatic rings. The van der Waals surface area contributed by atoms with Crippen LogP contribution < -0.4 is 15.1 Å². The van der Waals surface area contributed by atoms with Crippen molar-refractivity contribution in [2.24, 2.45) is 4.99 Å². The summed E-state index contributed by atoms with van der Waals surface area (Å²) in [5.74, 6) is -4.70. The Bertz CT molecular complexity index is 1090. The molecule has 0 atom stereocenters. The van der Waals surface area contributed by atoms with E-state index in [1.165, 1.54) is 11.5 Å². The van der Waals surface area contributed by atoms with Gasteiger partial charge in [-0.1, -0.05) is 0 Å². The van der Waals surface area contributed by atoms with Gasteiger partial charge in [-0.2, -0.15) is 4.37 Å². The molecule has 4 rings (SSSR count). The average Bonchev–Trinajstić information content (AvgIpc) is 3.22. The molecule has 1 N–H and O–H groups in total. The maximum atomic E-state index is 13.7. The summed E-state index contributed by atoms with van der Waals surface area (Å²) in [6, 6.07) is 1.79. The van der Waals surface area contributed by atoms with E-state index in [1.807, 2.05) is 17.2 Å². The van der Waals surface area contributed by atoms with Gasteiger partial charge in [-0.25, -0.2) is 18.2 Å². The maximum Gasteiger partial charge on any atom is 0.265 e. The number of aromatic nitrogens is 1. The molecule has 3 heterocycles. The number of benzene rings is 1. The van der Waals surface area contributed by atoms with Gasteiger partial charge in [0.15, 0.2) is 22.6 Å². The molecule has 26 heavy (non-hydrogen) atoms. The molecule has 132 valence electrons. The Morgan fingerprint density at radius 2 is 2.12 bits per heavy atom. The lowest BCUT2D eigenvalue weighted by molar-refractivity contribution is -0.115. The Kier molecular flexibility index (Phi) is 4.29. The summed E-state index contributed by atoms with van der Waals surface area (Å²) < 4.78 is 45.1. The first-order chi connectivity index (χ1) is 12.5. The van der Waals surface area contributed by atoms with E-state index in [2.05, 4.69) is 14.7 Å². The van der Waals surface area contributed by atoms with Crippen molar-refractivity contribution in [3.05, 3.63) is 56.6 Å². The molecule has 0 bridgehead atoms. The molecule has 1 amide bonds. The highest BCUT2D eigenvalue weighted by atomic mass is 32.2. The van der Waals surface area contributed by atoms with E-state index < -0.39 is 23.4 Å². The topological polar surface area (TPSA) is 57.6 Å². The second-order valence-electron chi connectivity index (χ2n) is 5.34. The van der Waals surface area contributed by atoms with Crippen LogP contribution >= 0.6 is 23.3 Å². The molecule has 0 spiro atoms. The number of hydrogen-bond acceptors (Lipinski definition) is 6. The predicted octanol–water partition coefficient (Wildman–Crippen LogP) is 1.79. The number of amides is 1. The highest BCUT2D eigenvalue weighted by molar-refractivity contribution is 8.18. The highest BCUT2D eigenvalue weighted by Crippen LogP contribution is 2.29.